The van der Waals surface area contributed by atoms with Crippen LogP contribution in [0.25, 0.3) is 0 Å². The number of primary amides is 1. The van der Waals surface area contributed by atoms with Crippen LogP contribution in [0.3, 0.4) is 0 Å². The minimum atomic E-state index is -0.881. The number of hydrogen-bond donors (Lipinski definition) is 3. The summed E-state index contributed by atoms with van der Waals surface area (Å²) in [6, 6.07) is 16.8. The Morgan fingerprint density at radius 2 is 1.50 bits per heavy atom. The van der Waals surface area contributed by atoms with E-state index in [4.69, 9.17) is 10.5 Å². The fourth-order valence-corrected chi connectivity index (χ4v) is 2.93. The van der Waals surface area contributed by atoms with Crippen molar-refractivity contribution in [3.05, 3.63) is 71.8 Å². The Bertz CT molecular complexity index is 827. The largest absolute Gasteiger partial charge is 0.445 e. The molecule has 7 nitrogen and oxygen atoms in total. The average molecular weight is 412 g/mol. The first-order valence-corrected chi connectivity index (χ1v) is 10.0. The van der Waals surface area contributed by atoms with Crippen molar-refractivity contribution in [2.45, 2.75) is 45.4 Å². The molecule has 2 aromatic carbocycles. The Balaban J connectivity index is 2.00. The van der Waals surface area contributed by atoms with Crippen molar-refractivity contribution >= 4 is 17.9 Å². The highest BCUT2D eigenvalue weighted by atomic mass is 16.5. The molecule has 0 radical (unpaired) electrons. The summed E-state index contributed by atoms with van der Waals surface area (Å²) in [5, 5.41) is 5.30. The van der Waals surface area contributed by atoms with E-state index >= 15 is 0 Å². The van der Waals surface area contributed by atoms with E-state index in [1.54, 1.807) is 0 Å². The van der Waals surface area contributed by atoms with Gasteiger partial charge in [-0.05, 0) is 17.0 Å². The van der Waals surface area contributed by atoms with E-state index in [0.717, 1.165) is 11.1 Å². The quantitative estimate of drug-likeness (QED) is 0.558. The zero-order valence-corrected chi connectivity index (χ0v) is 17.3. The molecular weight excluding hydrogens is 382 g/mol. The van der Waals surface area contributed by atoms with Gasteiger partial charge >= 0.3 is 6.09 Å². The minimum Gasteiger partial charge on any atom is -0.445 e. The number of nitrogens with two attached hydrogens (primary N) is 1. The summed E-state index contributed by atoms with van der Waals surface area (Å²) in [6.45, 7) is 3.86. The Kier molecular flexibility index (Phi) is 8.87. The van der Waals surface area contributed by atoms with Gasteiger partial charge in [0, 0.05) is 6.42 Å². The van der Waals surface area contributed by atoms with Crippen LogP contribution in [0.4, 0.5) is 4.79 Å². The monoisotopic (exact) mass is 411 g/mol. The average Bonchev–Trinajstić information content (AvgIpc) is 2.76. The molecule has 3 amide bonds. The van der Waals surface area contributed by atoms with Crippen LogP contribution in [-0.2, 0) is 27.4 Å². The third kappa shape index (κ3) is 7.24. The lowest BCUT2D eigenvalue weighted by Crippen LogP contribution is -2.55. The molecule has 4 N–H and O–H groups in total. The van der Waals surface area contributed by atoms with Crippen molar-refractivity contribution in [3.63, 3.8) is 0 Å². The van der Waals surface area contributed by atoms with E-state index in [0.29, 0.717) is 6.42 Å². The van der Waals surface area contributed by atoms with Crippen molar-refractivity contribution in [1.82, 2.24) is 10.6 Å². The van der Waals surface area contributed by atoms with E-state index in [1.807, 2.05) is 74.5 Å². The standard InChI is InChI=1S/C23H29N3O4/c1-3-16(2)20(26-23(29)30-15-18-12-8-5-9-13-18)22(28)25-19(21(24)27)14-17-10-6-4-7-11-17/h4-13,16,19-20H,3,14-15H2,1-2H3,(H2,24,27)(H,25,28)(H,26,29)/t16-,19-,20-/m0/s1. The lowest BCUT2D eigenvalue weighted by atomic mass is 9.97. The molecule has 0 spiro atoms. The number of hydrogen-bond acceptors (Lipinski definition) is 4. The predicted octanol–water partition coefficient (Wildman–Crippen LogP) is 2.54. The maximum absolute atomic E-state index is 12.9. The minimum absolute atomic E-state index is 0.0967. The second kappa shape index (κ2) is 11.6. The van der Waals surface area contributed by atoms with Gasteiger partial charge in [0.2, 0.25) is 11.8 Å². The fraction of sp³-hybridized carbons (Fsp3) is 0.348. The van der Waals surface area contributed by atoms with Crippen molar-refractivity contribution in [1.29, 1.82) is 0 Å². The van der Waals surface area contributed by atoms with Gasteiger partial charge in [-0.25, -0.2) is 4.79 Å². The third-order valence-electron chi connectivity index (χ3n) is 4.92. The van der Waals surface area contributed by atoms with Gasteiger partial charge in [0.25, 0.3) is 0 Å². The molecular formula is C23H29N3O4. The number of alkyl carbamates (subject to hydrolysis) is 1. The van der Waals surface area contributed by atoms with Crippen LogP contribution in [-0.4, -0.2) is 30.0 Å². The van der Waals surface area contributed by atoms with Gasteiger partial charge < -0.3 is 21.1 Å². The molecule has 2 aromatic rings. The van der Waals surface area contributed by atoms with Crippen LogP contribution in [0.15, 0.2) is 60.7 Å². The lowest BCUT2D eigenvalue weighted by Gasteiger charge is -2.25. The molecule has 0 saturated heterocycles. The van der Waals surface area contributed by atoms with Crippen LogP contribution >= 0.6 is 0 Å². The highest BCUT2D eigenvalue weighted by Gasteiger charge is 2.29. The predicted molar refractivity (Wildman–Crippen MR) is 114 cm³/mol. The SMILES string of the molecule is CC[C@H](C)[C@H](NC(=O)OCc1ccccc1)C(=O)N[C@@H](Cc1ccccc1)C(N)=O. The Morgan fingerprint density at radius 3 is 2.03 bits per heavy atom. The van der Waals surface area contributed by atoms with Crippen molar-refractivity contribution < 1.29 is 19.1 Å². The zero-order chi connectivity index (χ0) is 21.9. The highest BCUT2D eigenvalue weighted by molar-refractivity contribution is 5.91. The van der Waals surface area contributed by atoms with Crippen molar-refractivity contribution in [2.24, 2.45) is 11.7 Å². The van der Waals surface area contributed by atoms with Gasteiger partial charge in [-0.2, -0.15) is 0 Å². The lowest BCUT2D eigenvalue weighted by molar-refractivity contribution is -0.129. The van der Waals surface area contributed by atoms with Gasteiger partial charge in [-0.15, -0.1) is 0 Å². The molecule has 0 unspecified atom stereocenters. The first-order valence-electron chi connectivity index (χ1n) is 10.0. The van der Waals surface area contributed by atoms with Gasteiger partial charge in [0.05, 0.1) is 0 Å². The third-order valence-corrected chi connectivity index (χ3v) is 4.92. The normalized spacial score (nSPS) is 13.5. The molecule has 7 heteroatoms. The van der Waals surface area contributed by atoms with E-state index in [1.165, 1.54) is 0 Å². The molecule has 0 bridgehead atoms. The van der Waals surface area contributed by atoms with Crippen LogP contribution < -0.4 is 16.4 Å². The van der Waals surface area contributed by atoms with Gasteiger partial charge in [0.15, 0.2) is 0 Å². The summed E-state index contributed by atoms with van der Waals surface area (Å²) in [6.07, 6.45) is 0.225. The summed E-state index contributed by atoms with van der Waals surface area (Å²) in [5.41, 5.74) is 7.20. The molecule has 160 valence electrons. The highest BCUT2D eigenvalue weighted by Crippen LogP contribution is 2.11. The summed E-state index contributed by atoms with van der Waals surface area (Å²) in [7, 11) is 0. The number of carbonyl (C=O) groups is 3. The fourth-order valence-electron chi connectivity index (χ4n) is 2.93. The van der Waals surface area contributed by atoms with Crippen molar-refractivity contribution in [2.75, 3.05) is 0 Å². The second-order valence-corrected chi connectivity index (χ2v) is 7.22. The molecule has 0 aliphatic carbocycles. The number of amides is 3. The molecule has 0 heterocycles. The first-order chi connectivity index (χ1) is 14.4. The number of benzene rings is 2. The summed E-state index contributed by atoms with van der Waals surface area (Å²) >= 11 is 0. The van der Waals surface area contributed by atoms with Crippen LogP contribution in [0.2, 0.25) is 0 Å². The summed E-state index contributed by atoms with van der Waals surface area (Å²) in [5.74, 6) is -1.28. The maximum Gasteiger partial charge on any atom is 0.408 e. The summed E-state index contributed by atoms with van der Waals surface area (Å²) in [4.78, 5) is 37.0. The van der Waals surface area contributed by atoms with Crippen LogP contribution in [0, 0.1) is 5.92 Å². The van der Waals surface area contributed by atoms with E-state index < -0.39 is 30.0 Å². The second-order valence-electron chi connectivity index (χ2n) is 7.22. The molecule has 2 rings (SSSR count). The van der Waals surface area contributed by atoms with Crippen molar-refractivity contribution in [3.8, 4) is 0 Å². The number of rotatable bonds is 10. The molecule has 0 aliphatic rings. The molecule has 3 atom stereocenters. The number of ether oxygens (including phenoxy) is 1. The Labute approximate surface area is 177 Å². The van der Waals surface area contributed by atoms with Gasteiger partial charge in [-0.1, -0.05) is 80.9 Å². The Morgan fingerprint density at radius 1 is 0.933 bits per heavy atom. The van der Waals surface area contributed by atoms with E-state index in [9.17, 15) is 14.4 Å². The Hall–Kier alpha value is -3.35. The number of carbonyl (C=O) groups excluding carboxylic acids is 3. The number of nitrogens with one attached hydrogen (secondary N) is 2. The summed E-state index contributed by atoms with van der Waals surface area (Å²) < 4.78 is 5.23. The topological polar surface area (TPSA) is 111 Å². The van der Waals surface area contributed by atoms with E-state index in [-0.39, 0.29) is 18.9 Å². The molecule has 0 fully saturated rings. The zero-order valence-electron chi connectivity index (χ0n) is 17.3. The maximum atomic E-state index is 12.9. The molecule has 0 saturated carbocycles. The molecule has 0 aliphatic heterocycles. The molecule has 0 aromatic heterocycles. The van der Waals surface area contributed by atoms with E-state index in [2.05, 4.69) is 10.6 Å². The van der Waals surface area contributed by atoms with Crippen LogP contribution in [0.5, 0.6) is 0 Å². The molecule has 30 heavy (non-hydrogen) atoms. The van der Waals surface area contributed by atoms with Gasteiger partial charge in [0.1, 0.15) is 18.7 Å². The van der Waals surface area contributed by atoms with Crippen LogP contribution in [0.1, 0.15) is 31.4 Å². The first kappa shape index (κ1) is 22.9. The smallest absolute Gasteiger partial charge is 0.408 e. The van der Waals surface area contributed by atoms with Gasteiger partial charge in [-0.3, -0.25) is 9.59 Å².